The number of ether oxygens (including phenoxy) is 1. The van der Waals surface area contributed by atoms with Gasteiger partial charge in [0.25, 0.3) is 0 Å². The van der Waals surface area contributed by atoms with E-state index in [4.69, 9.17) is 16.3 Å². The van der Waals surface area contributed by atoms with Crippen LogP contribution in [0.15, 0.2) is 41.3 Å². The van der Waals surface area contributed by atoms with Crippen molar-refractivity contribution in [2.45, 2.75) is 18.0 Å². The summed E-state index contributed by atoms with van der Waals surface area (Å²) in [6, 6.07) is 5.23. The summed E-state index contributed by atoms with van der Waals surface area (Å²) in [4.78, 5) is 11.8. The van der Waals surface area contributed by atoms with Gasteiger partial charge in [-0.2, -0.15) is 17.5 Å². The Morgan fingerprint density at radius 1 is 1.20 bits per heavy atom. The van der Waals surface area contributed by atoms with E-state index < -0.39 is 44.9 Å². The minimum absolute atomic E-state index is 0.129. The van der Waals surface area contributed by atoms with Gasteiger partial charge in [0, 0.05) is 6.54 Å². The number of nitrogens with one attached hydrogen (secondary N) is 1. The maximum atomic E-state index is 13.6. The Morgan fingerprint density at radius 3 is 2.43 bits per heavy atom. The highest BCUT2D eigenvalue weighted by molar-refractivity contribution is 7.89. The lowest BCUT2D eigenvalue weighted by molar-refractivity contribution is -0.137. The Hall–Kier alpha value is -2.37. The number of amides is 1. The van der Waals surface area contributed by atoms with Crippen LogP contribution in [0.2, 0.25) is 5.02 Å². The maximum absolute atomic E-state index is 13.6. The Morgan fingerprint density at radius 2 is 1.87 bits per heavy atom. The van der Waals surface area contributed by atoms with Crippen molar-refractivity contribution >= 4 is 33.2 Å². The highest BCUT2D eigenvalue weighted by Crippen LogP contribution is 2.34. The summed E-state index contributed by atoms with van der Waals surface area (Å²) >= 11 is 5.83. The summed E-state index contributed by atoms with van der Waals surface area (Å²) in [6.07, 6.45) is -4.66. The monoisotopic (exact) mass is 468 g/mol. The molecule has 0 bridgehead atoms. The van der Waals surface area contributed by atoms with E-state index >= 15 is 0 Å². The molecule has 0 saturated carbocycles. The summed E-state index contributed by atoms with van der Waals surface area (Å²) in [5.74, 6) is -1.89. The molecule has 2 rings (SSSR count). The third-order valence-electron chi connectivity index (χ3n) is 3.98. The number of carbonyl (C=O) groups is 1. The van der Waals surface area contributed by atoms with Crippen LogP contribution in [0.25, 0.3) is 0 Å². The molecule has 0 heterocycles. The van der Waals surface area contributed by atoms with Gasteiger partial charge in [0.05, 0.1) is 29.9 Å². The van der Waals surface area contributed by atoms with Gasteiger partial charge in [-0.15, -0.1) is 0 Å². The van der Waals surface area contributed by atoms with Crippen molar-refractivity contribution in [2.75, 3.05) is 25.5 Å². The number of rotatable bonds is 7. The van der Waals surface area contributed by atoms with Gasteiger partial charge in [-0.3, -0.25) is 4.79 Å². The topological polar surface area (TPSA) is 75.7 Å². The first-order valence-corrected chi connectivity index (χ1v) is 10.2. The van der Waals surface area contributed by atoms with Gasteiger partial charge in [-0.1, -0.05) is 18.5 Å². The van der Waals surface area contributed by atoms with Crippen molar-refractivity contribution in [3.63, 3.8) is 0 Å². The van der Waals surface area contributed by atoms with Crippen molar-refractivity contribution in [3.8, 4) is 5.75 Å². The van der Waals surface area contributed by atoms with Crippen LogP contribution >= 0.6 is 11.6 Å². The van der Waals surface area contributed by atoms with E-state index in [9.17, 15) is 30.8 Å². The molecule has 2 aromatic rings. The molecule has 2 aromatic carbocycles. The van der Waals surface area contributed by atoms with Gasteiger partial charge < -0.3 is 10.1 Å². The average molecular weight is 469 g/mol. The minimum Gasteiger partial charge on any atom is -0.495 e. The molecule has 0 aliphatic heterocycles. The smallest absolute Gasteiger partial charge is 0.416 e. The van der Waals surface area contributed by atoms with Crippen LogP contribution < -0.4 is 10.1 Å². The normalized spacial score (nSPS) is 12.1. The fourth-order valence-corrected chi connectivity index (χ4v) is 4.24. The molecule has 0 spiro atoms. The molecule has 0 aliphatic carbocycles. The molecule has 30 heavy (non-hydrogen) atoms. The molecular formula is C18H17ClF4N2O4S. The Labute approximate surface area is 175 Å². The van der Waals surface area contributed by atoms with Crippen LogP contribution in [0.1, 0.15) is 12.5 Å². The first-order chi connectivity index (χ1) is 13.9. The Bertz CT molecular complexity index is 1040. The molecule has 0 fully saturated rings. The van der Waals surface area contributed by atoms with Crippen molar-refractivity contribution in [2.24, 2.45) is 0 Å². The van der Waals surface area contributed by atoms with E-state index in [0.717, 1.165) is 34.6 Å². The van der Waals surface area contributed by atoms with Crippen LogP contribution in [0, 0.1) is 5.82 Å². The van der Waals surface area contributed by atoms with Crippen molar-refractivity contribution in [1.82, 2.24) is 4.31 Å². The average Bonchev–Trinajstić information content (AvgIpc) is 2.66. The lowest BCUT2D eigenvalue weighted by Gasteiger charge is -2.21. The number of hydrogen-bond acceptors (Lipinski definition) is 4. The predicted octanol–water partition coefficient (Wildman–Crippen LogP) is 4.16. The fourth-order valence-electron chi connectivity index (χ4n) is 2.51. The lowest BCUT2D eigenvalue weighted by atomic mass is 10.2. The zero-order valence-corrected chi connectivity index (χ0v) is 17.3. The number of halogens is 5. The zero-order valence-electron chi connectivity index (χ0n) is 15.8. The molecule has 0 radical (unpaired) electrons. The number of alkyl halides is 3. The Kier molecular flexibility index (Phi) is 7.32. The van der Waals surface area contributed by atoms with Gasteiger partial charge in [-0.25, -0.2) is 12.8 Å². The number of methoxy groups -OCH3 is 1. The second-order valence-corrected chi connectivity index (χ2v) is 8.28. The number of sulfonamides is 1. The number of benzene rings is 2. The van der Waals surface area contributed by atoms with E-state index in [2.05, 4.69) is 5.32 Å². The van der Waals surface area contributed by atoms with Gasteiger partial charge in [0.2, 0.25) is 15.9 Å². The highest BCUT2D eigenvalue weighted by Gasteiger charge is 2.32. The number of carbonyl (C=O) groups excluding carboxylic acids is 1. The SMILES string of the molecule is CCN(CC(=O)Nc1cc(C(F)(F)F)ccc1Cl)S(=O)(=O)c1cc(F)ccc1OC. The van der Waals surface area contributed by atoms with Gasteiger partial charge in [0.15, 0.2) is 0 Å². The molecule has 0 atom stereocenters. The molecular weight excluding hydrogens is 452 g/mol. The Balaban J connectivity index is 2.28. The van der Waals surface area contributed by atoms with E-state index in [-0.39, 0.29) is 23.0 Å². The quantitative estimate of drug-likeness (QED) is 0.619. The maximum Gasteiger partial charge on any atom is 0.416 e. The molecule has 0 aliphatic rings. The first kappa shape index (κ1) is 23.9. The second kappa shape index (κ2) is 9.19. The summed E-state index contributed by atoms with van der Waals surface area (Å²) in [7, 11) is -3.15. The number of nitrogens with zero attached hydrogens (tertiary/aromatic N) is 1. The molecule has 1 N–H and O–H groups in total. The third kappa shape index (κ3) is 5.41. The first-order valence-electron chi connectivity index (χ1n) is 8.40. The van der Waals surface area contributed by atoms with Crippen LogP contribution in [0.5, 0.6) is 5.75 Å². The van der Waals surface area contributed by atoms with Crippen LogP contribution in [-0.4, -0.2) is 38.8 Å². The molecule has 6 nitrogen and oxygen atoms in total. The minimum atomic E-state index is -4.66. The van der Waals surface area contributed by atoms with Gasteiger partial charge in [0.1, 0.15) is 16.5 Å². The lowest BCUT2D eigenvalue weighted by Crippen LogP contribution is -2.38. The highest BCUT2D eigenvalue weighted by atomic mass is 35.5. The van der Waals surface area contributed by atoms with Gasteiger partial charge >= 0.3 is 6.18 Å². The molecule has 0 aromatic heterocycles. The molecule has 12 heteroatoms. The largest absolute Gasteiger partial charge is 0.495 e. The van der Waals surface area contributed by atoms with E-state index in [1.807, 2.05) is 0 Å². The van der Waals surface area contributed by atoms with Crippen molar-refractivity contribution < 1.29 is 35.5 Å². The van der Waals surface area contributed by atoms with Crippen molar-refractivity contribution in [3.05, 3.63) is 52.8 Å². The zero-order chi connectivity index (χ0) is 22.7. The predicted molar refractivity (Wildman–Crippen MR) is 102 cm³/mol. The van der Waals surface area contributed by atoms with E-state index in [1.54, 1.807) is 0 Å². The van der Waals surface area contributed by atoms with E-state index in [1.165, 1.54) is 14.0 Å². The summed E-state index contributed by atoms with van der Waals surface area (Å²) < 4.78 is 83.6. The number of hydrogen-bond donors (Lipinski definition) is 1. The standard InChI is InChI=1S/C18H17ClF4N2O4S/c1-3-25(30(27,28)16-9-12(20)5-7-15(16)29-2)10-17(26)24-14-8-11(18(21,22)23)4-6-13(14)19/h4-9H,3,10H2,1-2H3,(H,24,26). The number of anilines is 1. The second-order valence-electron chi connectivity index (χ2n) is 5.97. The molecule has 1 amide bonds. The molecule has 0 unspecified atom stereocenters. The van der Waals surface area contributed by atoms with Crippen molar-refractivity contribution in [1.29, 1.82) is 0 Å². The fraction of sp³-hybridized carbons (Fsp3) is 0.278. The van der Waals surface area contributed by atoms with Crippen LogP contribution in [0.4, 0.5) is 23.2 Å². The molecule has 0 saturated heterocycles. The summed E-state index contributed by atoms with van der Waals surface area (Å²) in [6.45, 7) is 0.519. The van der Waals surface area contributed by atoms with E-state index in [0.29, 0.717) is 6.07 Å². The summed E-state index contributed by atoms with van der Waals surface area (Å²) in [5.41, 5.74) is -1.36. The number of likely N-dealkylation sites (N-methyl/N-ethyl adjacent to an activating group) is 1. The summed E-state index contributed by atoms with van der Waals surface area (Å²) in [5, 5.41) is 2.01. The van der Waals surface area contributed by atoms with Crippen LogP contribution in [-0.2, 0) is 21.0 Å². The third-order valence-corrected chi connectivity index (χ3v) is 6.26. The van der Waals surface area contributed by atoms with Crippen LogP contribution in [0.3, 0.4) is 0 Å². The van der Waals surface area contributed by atoms with Gasteiger partial charge in [-0.05, 0) is 36.4 Å². The molecule has 164 valence electrons.